The molecule has 344 valence electrons. The number of nitrogens with one attached hydrogen (secondary N) is 1. The zero-order valence-corrected chi connectivity index (χ0v) is 39.1. The smallest absolute Gasteiger partial charge is 0.306 e. The van der Waals surface area contributed by atoms with E-state index in [-0.39, 0.29) is 24.9 Å². The van der Waals surface area contributed by atoms with Crippen molar-refractivity contribution in [1.29, 1.82) is 0 Å². The quantitative estimate of drug-likeness (QED) is 0.0323. The summed E-state index contributed by atoms with van der Waals surface area (Å²) in [7, 11) is 0. The maximum absolute atomic E-state index is 13.2. The van der Waals surface area contributed by atoms with Crippen LogP contribution in [0.2, 0.25) is 0 Å². The summed E-state index contributed by atoms with van der Waals surface area (Å²) < 4.78 is 5.87. The van der Waals surface area contributed by atoms with Crippen molar-refractivity contribution in [3.63, 3.8) is 0 Å². The Morgan fingerprint density at radius 2 is 0.917 bits per heavy atom. The number of hydrogen-bond acceptors (Lipinski definition) is 5. The van der Waals surface area contributed by atoms with Crippen molar-refractivity contribution in [2.24, 2.45) is 0 Å². The van der Waals surface area contributed by atoms with E-state index >= 15 is 0 Å². The monoisotopic (exact) mass is 836 g/mol. The van der Waals surface area contributed by atoms with E-state index in [0.29, 0.717) is 19.3 Å². The molecule has 0 aliphatic heterocycles. The van der Waals surface area contributed by atoms with Crippen LogP contribution in [-0.2, 0) is 14.3 Å². The lowest BCUT2D eigenvalue weighted by Gasteiger charge is -2.24. The highest BCUT2D eigenvalue weighted by atomic mass is 16.5. The van der Waals surface area contributed by atoms with Gasteiger partial charge in [0, 0.05) is 6.42 Å². The van der Waals surface area contributed by atoms with E-state index in [1.165, 1.54) is 103 Å². The van der Waals surface area contributed by atoms with Gasteiger partial charge in [0.15, 0.2) is 0 Å². The van der Waals surface area contributed by atoms with Gasteiger partial charge in [-0.2, -0.15) is 0 Å². The van der Waals surface area contributed by atoms with E-state index in [4.69, 9.17) is 4.74 Å². The Labute approximate surface area is 370 Å². The zero-order valence-electron chi connectivity index (χ0n) is 39.1. The minimum absolute atomic E-state index is 0.0141. The number of aliphatic hydroxyl groups is 2. The summed E-state index contributed by atoms with van der Waals surface area (Å²) in [6.45, 7) is 6.29. The van der Waals surface area contributed by atoms with Gasteiger partial charge in [-0.05, 0) is 64.2 Å². The first kappa shape index (κ1) is 57.0. The lowest BCUT2D eigenvalue weighted by Crippen LogP contribution is -2.46. The second kappa shape index (κ2) is 47.1. The van der Waals surface area contributed by atoms with Crippen LogP contribution in [-0.4, -0.2) is 46.9 Å². The van der Waals surface area contributed by atoms with Crippen LogP contribution in [0.1, 0.15) is 220 Å². The van der Waals surface area contributed by atoms with E-state index in [0.717, 1.165) is 70.6 Å². The van der Waals surface area contributed by atoms with Crippen molar-refractivity contribution < 1.29 is 24.5 Å². The predicted molar refractivity (Wildman–Crippen MR) is 259 cm³/mol. The molecule has 0 bridgehead atoms. The van der Waals surface area contributed by atoms with Gasteiger partial charge in [-0.3, -0.25) is 9.59 Å². The Morgan fingerprint density at radius 1 is 0.500 bits per heavy atom. The number of amides is 1. The minimum Gasteiger partial charge on any atom is -0.462 e. The number of carbonyl (C=O) groups is 2. The van der Waals surface area contributed by atoms with Gasteiger partial charge in [0.25, 0.3) is 0 Å². The van der Waals surface area contributed by atoms with Crippen LogP contribution in [0.5, 0.6) is 0 Å². The maximum atomic E-state index is 13.2. The van der Waals surface area contributed by atoms with Crippen molar-refractivity contribution in [2.75, 3.05) is 6.61 Å². The lowest BCUT2D eigenvalue weighted by molar-refractivity contribution is -0.151. The summed E-state index contributed by atoms with van der Waals surface area (Å²) in [6, 6.07) is -0.733. The Balaban J connectivity index is 4.74. The number of hydrogen-bond donors (Lipinski definition) is 3. The van der Waals surface area contributed by atoms with Crippen LogP contribution in [0, 0.1) is 0 Å². The predicted octanol–water partition coefficient (Wildman–Crippen LogP) is 14.8. The van der Waals surface area contributed by atoms with E-state index < -0.39 is 18.2 Å². The number of carbonyl (C=O) groups excluding carboxylic acids is 2. The second-order valence-electron chi connectivity index (χ2n) is 16.6. The topological polar surface area (TPSA) is 95.9 Å². The third kappa shape index (κ3) is 41.8. The van der Waals surface area contributed by atoms with Crippen LogP contribution in [0.4, 0.5) is 0 Å². The molecule has 3 N–H and O–H groups in total. The van der Waals surface area contributed by atoms with Gasteiger partial charge in [-0.15, -0.1) is 0 Å². The molecule has 6 nitrogen and oxygen atoms in total. The average Bonchev–Trinajstić information content (AvgIpc) is 3.24. The molecular formula is C54H93NO5. The van der Waals surface area contributed by atoms with Gasteiger partial charge in [0.05, 0.1) is 25.2 Å². The zero-order chi connectivity index (χ0) is 43.8. The Bertz CT molecular complexity index is 1160. The van der Waals surface area contributed by atoms with E-state index in [1.54, 1.807) is 0 Å². The molecule has 60 heavy (non-hydrogen) atoms. The van der Waals surface area contributed by atoms with Gasteiger partial charge in [-0.1, -0.05) is 228 Å². The Kier molecular flexibility index (Phi) is 44.8. The van der Waals surface area contributed by atoms with Crippen molar-refractivity contribution >= 4 is 11.9 Å². The largest absolute Gasteiger partial charge is 0.462 e. The number of esters is 1. The molecule has 6 heteroatoms. The van der Waals surface area contributed by atoms with Crippen LogP contribution in [0.15, 0.2) is 85.1 Å². The van der Waals surface area contributed by atoms with Crippen LogP contribution < -0.4 is 5.32 Å². The fourth-order valence-electron chi connectivity index (χ4n) is 7.09. The molecule has 0 saturated carbocycles. The molecule has 0 fully saturated rings. The molecule has 0 rings (SSSR count). The van der Waals surface area contributed by atoms with Gasteiger partial charge >= 0.3 is 5.97 Å². The number of aliphatic hydroxyl groups excluding tert-OH is 2. The molecular weight excluding hydrogens is 743 g/mol. The van der Waals surface area contributed by atoms with E-state index in [1.807, 2.05) is 48.6 Å². The van der Waals surface area contributed by atoms with E-state index in [2.05, 4.69) is 62.5 Å². The minimum atomic E-state index is -0.814. The fraction of sp³-hybridized carbons (Fsp3) is 0.704. The summed E-state index contributed by atoms with van der Waals surface area (Å²) in [5.41, 5.74) is 0. The van der Waals surface area contributed by atoms with Crippen molar-refractivity contribution in [3.8, 4) is 0 Å². The van der Waals surface area contributed by atoms with Crippen LogP contribution in [0.25, 0.3) is 0 Å². The second-order valence-corrected chi connectivity index (χ2v) is 16.6. The fourth-order valence-corrected chi connectivity index (χ4v) is 7.09. The number of unbranched alkanes of at least 4 members (excludes halogenated alkanes) is 22. The molecule has 0 radical (unpaired) electrons. The summed E-state index contributed by atoms with van der Waals surface area (Å²) in [4.78, 5) is 26.1. The molecule has 0 saturated heterocycles. The highest BCUT2D eigenvalue weighted by Crippen LogP contribution is 2.16. The standard InChI is InChI=1S/C54H93NO5/c1-4-7-10-13-16-19-22-25-26-27-29-32-35-38-41-44-47-54(59)60-50(45-42-39-36-33-30-28-23-20-17-14-11-8-5-2)48-53(58)55-51(49-56)52(57)46-43-40-37-34-31-24-21-18-15-12-9-6-3/h8,11,14,17,20,23,26-30,32-33,36,50-52,56-57H,4-7,9-10,12-13,15-16,18-19,21-22,24-25,31,34-35,37-49H2,1-3H3,(H,55,58)/b11-8+,17-14+,23-20-,27-26+,30-28-,32-29+,36-33+. The molecule has 0 aliphatic carbocycles. The Morgan fingerprint density at radius 3 is 1.42 bits per heavy atom. The molecule has 0 aromatic heterocycles. The van der Waals surface area contributed by atoms with Crippen molar-refractivity contribution in [2.45, 2.75) is 238 Å². The van der Waals surface area contributed by atoms with Gasteiger partial charge in [-0.25, -0.2) is 0 Å². The summed E-state index contributed by atoms with van der Waals surface area (Å²) in [5, 5.41) is 23.7. The third-order valence-electron chi connectivity index (χ3n) is 10.9. The average molecular weight is 836 g/mol. The first-order valence-corrected chi connectivity index (χ1v) is 24.9. The van der Waals surface area contributed by atoms with Crippen LogP contribution >= 0.6 is 0 Å². The number of allylic oxidation sites excluding steroid dienone is 14. The van der Waals surface area contributed by atoms with Gasteiger partial charge in [0.2, 0.25) is 5.91 Å². The third-order valence-corrected chi connectivity index (χ3v) is 10.9. The summed E-state index contributed by atoms with van der Waals surface area (Å²) in [6.07, 6.45) is 60.7. The molecule has 0 aromatic carbocycles. The first-order chi connectivity index (χ1) is 29.5. The number of ether oxygens (including phenoxy) is 1. The SMILES string of the molecule is CC/C=C/C=C/C=C\C=C/C=C/CCCC(CC(=O)NC(CO)C(O)CCCCCCCCCCCCCC)OC(=O)CCCCC/C=C/C=C/CCCCCCCCC. The van der Waals surface area contributed by atoms with Crippen LogP contribution in [0.3, 0.4) is 0 Å². The molecule has 3 unspecified atom stereocenters. The summed E-state index contributed by atoms with van der Waals surface area (Å²) >= 11 is 0. The normalized spacial score (nSPS) is 14.0. The highest BCUT2D eigenvalue weighted by molar-refractivity contribution is 5.77. The van der Waals surface area contributed by atoms with Gasteiger partial charge in [0.1, 0.15) is 6.10 Å². The summed E-state index contributed by atoms with van der Waals surface area (Å²) in [5.74, 6) is -0.583. The molecule has 0 heterocycles. The Hall–Kier alpha value is -2.96. The van der Waals surface area contributed by atoms with Crippen molar-refractivity contribution in [3.05, 3.63) is 85.1 Å². The maximum Gasteiger partial charge on any atom is 0.306 e. The first-order valence-electron chi connectivity index (χ1n) is 24.9. The molecule has 0 aromatic rings. The van der Waals surface area contributed by atoms with Gasteiger partial charge < -0.3 is 20.3 Å². The van der Waals surface area contributed by atoms with Crippen molar-refractivity contribution in [1.82, 2.24) is 5.32 Å². The highest BCUT2D eigenvalue weighted by Gasteiger charge is 2.24. The molecule has 0 spiro atoms. The number of rotatable bonds is 43. The van der Waals surface area contributed by atoms with E-state index in [9.17, 15) is 19.8 Å². The molecule has 3 atom stereocenters. The molecule has 0 aliphatic rings. The lowest BCUT2D eigenvalue weighted by atomic mass is 10.0. The molecule has 1 amide bonds.